The second-order valence-electron chi connectivity index (χ2n) is 6.26. The molecule has 0 saturated heterocycles. The number of hydrogen-bond acceptors (Lipinski definition) is 3. The molecule has 0 aliphatic heterocycles. The first kappa shape index (κ1) is 21.8. The molecule has 1 atom stereocenters. The molecule has 2 rings (SSSR count). The molecule has 0 radical (unpaired) electrons. The molecule has 1 heterocycles. The van der Waals surface area contributed by atoms with Crippen molar-refractivity contribution in [2.75, 3.05) is 32.6 Å². The van der Waals surface area contributed by atoms with Gasteiger partial charge in [0.1, 0.15) is 0 Å². The minimum atomic E-state index is 0. The van der Waals surface area contributed by atoms with Crippen LogP contribution in [0.1, 0.15) is 17.4 Å². The van der Waals surface area contributed by atoms with E-state index in [1.807, 2.05) is 18.4 Å². The van der Waals surface area contributed by atoms with Crippen molar-refractivity contribution in [1.29, 1.82) is 0 Å². The molecule has 1 aromatic carbocycles. The van der Waals surface area contributed by atoms with Gasteiger partial charge in [0.25, 0.3) is 0 Å². The maximum atomic E-state index is 4.32. The SMILES string of the molecule is CN=C(NCc1cccc(N(C)C)c1)NCC(C)Cc1cccs1.I. The number of benzene rings is 1. The summed E-state index contributed by atoms with van der Waals surface area (Å²) in [4.78, 5) is 7.87. The third-order valence-electron chi connectivity index (χ3n) is 3.86. The van der Waals surface area contributed by atoms with E-state index in [0.717, 1.165) is 25.5 Å². The Hall–Kier alpha value is -1.28. The number of aliphatic imine (C=N–C) groups is 1. The Labute approximate surface area is 172 Å². The van der Waals surface area contributed by atoms with E-state index in [4.69, 9.17) is 0 Å². The zero-order valence-electron chi connectivity index (χ0n) is 15.5. The molecule has 1 unspecified atom stereocenters. The second kappa shape index (κ2) is 11.4. The lowest BCUT2D eigenvalue weighted by atomic mass is 10.1. The van der Waals surface area contributed by atoms with Gasteiger partial charge in [0.05, 0.1) is 0 Å². The smallest absolute Gasteiger partial charge is 0.191 e. The molecule has 0 bridgehead atoms. The van der Waals surface area contributed by atoms with Crippen LogP contribution in [0.25, 0.3) is 0 Å². The Morgan fingerprint density at radius 1 is 1.20 bits per heavy atom. The number of guanidine groups is 1. The molecule has 0 aliphatic rings. The van der Waals surface area contributed by atoms with Gasteiger partial charge >= 0.3 is 0 Å². The minimum absolute atomic E-state index is 0. The van der Waals surface area contributed by atoms with Crippen molar-refractivity contribution in [1.82, 2.24) is 10.6 Å². The molecule has 2 aromatic rings. The van der Waals surface area contributed by atoms with E-state index in [1.165, 1.54) is 16.1 Å². The van der Waals surface area contributed by atoms with Crippen LogP contribution in [-0.4, -0.2) is 33.6 Å². The fourth-order valence-corrected chi connectivity index (χ4v) is 3.34. The van der Waals surface area contributed by atoms with Gasteiger partial charge in [0.2, 0.25) is 0 Å². The van der Waals surface area contributed by atoms with E-state index in [0.29, 0.717) is 5.92 Å². The number of nitrogens with one attached hydrogen (secondary N) is 2. The van der Waals surface area contributed by atoms with E-state index < -0.39 is 0 Å². The summed E-state index contributed by atoms with van der Waals surface area (Å²) in [6, 6.07) is 12.8. The molecule has 1 aromatic heterocycles. The topological polar surface area (TPSA) is 39.7 Å². The van der Waals surface area contributed by atoms with Crippen LogP contribution in [0.15, 0.2) is 46.8 Å². The fourth-order valence-electron chi connectivity index (χ4n) is 2.47. The third kappa shape index (κ3) is 7.64. The number of hydrogen-bond donors (Lipinski definition) is 2. The summed E-state index contributed by atoms with van der Waals surface area (Å²) in [7, 11) is 5.93. The van der Waals surface area contributed by atoms with Gasteiger partial charge in [-0.25, -0.2) is 0 Å². The molecule has 138 valence electrons. The van der Waals surface area contributed by atoms with Crippen molar-refractivity contribution in [3.05, 3.63) is 52.2 Å². The molecule has 0 amide bonds. The predicted molar refractivity (Wildman–Crippen MR) is 122 cm³/mol. The lowest BCUT2D eigenvalue weighted by Gasteiger charge is -2.17. The van der Waals surface area contributed by atoms with Gasteiger partial charge in [-0.1, -0.05) is 25.1 Å². The van der Waals surface area contributed by atoms with Gasteiger partial charge < -0.3 is 15.5 Å². The summed E-state index contributed by atoms with van der Waals surface area (Å²) in [5.41, 5.74) is 2.46. The van der Waals surface area contributed by atoms with Crippen molar-refractivity contribution in [2.24, 2.45) is 10.9 Å². The Morgan fingerprint density at radius 2 is 2.00 bits per heavy atom. The summed E-state index contributed by atoms with van der Waals surface area (Å²) in [5, 5.41) is 8.95. The highest BCUT2D eigenvalue weighted by Gasteiger charge is 2.06. The lowest BCUT2D eigenvalue weighted by Crippen LogP contribution is -2.39. The summed E-state index contributed by atoms with van der Waals surface area (Å²) < 4.78 is 0. The Morgan fingerprint density at radius 3 is 2.64 bits per heavy atom. The summed E-state index contributed by atoms with van der Waals surface area (Å²) in [5.74, 6) is 1.42. The van der Waals surface area contributed by atoms with Crippen molar-refractivity contribution in [2.45, 2.75) is 19.9 Å². The van der Waals surface area contributed by atoms with Crippen molar-refractivity contribution < 1.29 is 0 Å². The van der Waals surface area contributed by atoms with Crippen LogP contribution in [0.4, 0.5) is 5.69 Å². The number of anilines is 1. The summed E-state index contributed by atoms with van der Waals surface area (Å²) in [6.45, 7) is 3.94. The van der Waals surface area contributed by atoms with E-state index >= 15 is 0 Å². The lowest BCUT2D eigenvalue weighted by molar-refractivity contribution is 0.562. The standard InChI is InChI=1S/C19H28N4S.HI/c1-15(11-18-9-6-10-24-18)13-21-19(20-2)22-14-16-7-5-8-17(12-16)23(3)4;/h5-10,12,15H,11,13-14H2,1-4H3,(H2,20,21,22);1H. The molecule has 2 N–H and O–H groups in total. The first-order chi connectivity index (χ1) is 11.6. The largest absolute Gasteiger partial charge is 0.378 e. The summed E-state index contributed by atoms with van der Waals surface area (Å²) >= 11 is 1.82. The normalized spacial score (nSPS) is 12.2. The van der Waals surface area contributed by atoms with Crippen LogP contribution in [-0.2, 0) is 13.0 Å². The highest BCUT2D eigenvalue weighted by Crippen LogP contribution is 2.14. The van der Waals surface area contributed by atoms with E-state index in [2.05, 4.69) is 83.3 Å². The fraction of sp³-hybridized carbons (Fsp3) is 0.421. The van der Waals surface area contributed by atoms with Crippen LogP contribution in [0.5, 0.6) is 0 Å². The quantitative estimate of drug-likeness (QED) is 0.364. The third-order valence-corrected chi connectivity index (χ3v) is 4.76. The maximum absolute atomic E-state index is 4.32. The molecule has 0 saturated carbocycles. The van der Waals surface area contributed by atoms with E-state index in [-0.39, 0.29) is 24.0 Å². The van der Waals surface area contributed by atoms with Gasteiger partial charge in [0.15, 0.2) is 5.96 Å². The zero-order valence-corrected chi connectivity index (χ0v) is 18.6. The molecule has 0 aliphatic carbocycles. The van der Waals surface area contributed by atoms with E-state index in [9.17, 15) is 0 Å². The van der Waals surface area contributed by atoms with Crippen LogP contribution >= 0.6 is 35.3 Å². The van der Waals surface area contributed by atoms with E-state index in [1.54, 1.807) is 0 Å². The van der Waals surface area contributed by atoms with Crippen molar-refractivity contribution >= 4 is 47.0 Å². The monoisotopic (exact) mass is 472 g/mol. The molecule has 0 fully saturated rings. The van der Waals surface area contributed by atoms with Crippen molar-refractivity contribution in [3.63, 3.8) is 0 Å². The maximum Gasteiger partial charge on any atom is 0.191 e. The predicted octanol–water partition coefficient (Wildman–Crippen LogP) is 3.98. The molecule has 6 heteroatoms. The van der Waals surface area contributed by atoms with Crippen LogP contribution in [0, 0.1) is 5.92 Å². The zero-order chi connectivity index (χ0) is 17.4. The molecule has 25 heavy (non-hydrogen) atoms. The first-order valence-electron chi connectivity index (χ1n) is 8.31. The molecule has 0 spiro atoms. The van der Waals surface area contributed by atoms with Gasteiger partial charge in [0, 0.05) is 44.8 Å². The Kier molecular flexibility index (Phi) is 9.89. The highest BCUT2D eigenvalue weighted by molar-refractivity contribution is 14.0. The van der Waals surface area contributed by atoms with Crippen molar-refractivity contribution in [3.8, 4) is 0 Å². The Balaban J connectivity index is 0.00000312. The number of nitrogens with zero attached hydrogens (tertiary/aromatic N) is 2. The van der Waals surface area contributed by atoms with Crippen LogP contribution < -0.4 is 15.5 Å². The summed E-state index contributed by atoms with van der Waals surface area (Å²) in [6.07, 6.45) is 1.10. The number of thiophene rings is 1. The molecular weight excluding hydrogens is 443 g/mol. The van der Waals surface area contributed by atoms with Gasteiger partial charge in [-0.15, -0.1) is 35.3 Å². The minimum Gasteiger partial charge on any atom is -0.378 e. The van der Waals surface area contributed by atoms with Crippen LogP contribution in [0.3, 0.4) is 0 Å². The highest BCUT2D eigenvalue weighted by atomic mass is 127. The van der Waals surface area contributed by atoms with Gasteiger partial charge in [-0.05, 0) is 41.5 Å². The first-order valence-corrected chi connectivity index (χ1v) is 9.19. The van der Waals surface area contributed by atoms with Gasteiger partial charge in [-0.2, -0.15) is 0 Å². The molecule has 4 nitrogen and oxygen atoms in total. The number of rotatable bonds is 7. The number of halogens is 1. The average molecular weight is 472 g/mol. The Bertz CT molecular complexity index is 641. The second-order valence-corrected chi connectivity index (χ2v) is 7.29. The van der Waals surface area contributed by atoms with Gasteiger partial charge in [-0.3, -0.25) is 4.99 Å². The van der Waals surface area contributed by atoms with Crippen LogP contribution in [0.2, 0.25) is 0 Å². The average Bonchev–Trinajstić information content (AvgIpc) is 3.08. The molecular formula is C19H29IN4S.